The summed E-state index contributed by atoms with van der Waals surface area (Å²) in [6.07, 6.45) is 5.72. The predicted molar refractivity (Wildman–Crippen MR) is 78.3 cm³/mol. The van der Waals surface area contributed by atoms with Gasteiger partial charge in [-0.2, -0.15) is 0 Å². The van der Waals surface area contributed by atoms with Crippen LogP contribution in [0.2, 0.25) is 0 Å². The summed E-state index contributed by atoms with van der Waals surface area (Å²) < 4.78 is 0. The van der Waals surface area contributed by atoms with E-state index in [-0.39, 0.29) is 24.4 Å². The number of hydrogen-bond donors (Lipinski definition) is 0. The van der Waals surface area contributed by atoms with E-state index in [1.54, 1.807) is 11.8 Å². The molecule has 2 rings (SSSR count). The van der Waals surface area contributed by atoms with E-state index in [2.05, 4.69) is 11.9 Å². The van der Waals surface area contributed by atoms with Crippen molar-refractivity contribution in [3.8, 4) is 0 Å². The highest BCUT2D eigenvalue weighted by Crippen LogP contribution is 2.22. The fourth-order valence-corrected chi connectivity index (χ4v) is 3.19. The summed E-state index contributed by atoms with van der Waals surface area (Å²) in [6.45, 7) is 5.28. The third kappa shape index (κ3) is 3.95. The van der Waals surface area contributed by atoms with E-state index in [9.17, 15) is 9.59 Å². The summed E-state index contributed by atoms with van der Waals surface area (Å²) in [5.41, 5.74) is 0. The van der Waals surface area contributed by atoms with E-state index < -0.39 is 0 Å². The van der Waals surface area contributed by atoms with Gasteiger partial charge in [0.25, 0.3) is 0 Å². The van der Waals surface area contributed by atoms with Gasteiger partial charge in [-0.1, -0.05) is 19.3 Å². The molecule has 0 bridgehead atoms. The molecule has 2 amide bonds. The number of rotatable bonds is 3. The highest BCUT2D eigenvalue weighted by atomic mass is 16.2. The Hall–Kier alpha value is -1.10. The van der Waals surface area contributed by atoms with Gasteiger partial charge in [-0.3, -0.25) is 9.59 Å². The van der Waals surface area contributed by atoms with E-state index in [0.29, 0.717) is 0 Å². The summed E-state index contributed by atoms with van der Waals surface area (Å²) in [4.78, 5) is 30.2. The fraction of sp³-hybridized carbons (Fsp3) is 0.867. The molecule has 0 aromatic heterocycles. The molecule has 5 heteroatoms. The molecular weight excluding hydrogens is 254 g/mol. The van der Waals surface area contributed by atoms with Crippen molar-refractivity contribution >= 4 is 11.8 Å². The van der Waals surface area contributed by atoms with Crippen LogP contribution in [-0.2, 0) is 9.59 Å². The van der Waals surface area contributed by atoms with Crippen molar-refractivity contribution in [2.24, 2.45) is 0 Å². The number of likely N-dealkylation sites (N-methyl/N-ethyl adjacent to an activating group) is 1. The van der Waals surface area contributed by atoms with Crippen LogP contribution in [0.5, 0.6) is 0 Å². The third-order valence-electron chi connectivity index (χ3n) is 4.58. The quantitative estimate of drug-likeness (QED) is 0.773. The highest BCUT2D eigenvalue weighted by Gasteiger charge is 2.27. The maximum Gasteiger partial charge on any atom is 0.242 e. The van der Waals surface area contributed by atoms with E-state index in [1.807, 2.05) is 4.90 Å². The van der Waals surface area contributed by atoms with Gasteiger partial charge in [0.15, 0.2) is 0 Å². The van der Waals surface area contributed by atoms with Gasteiger partial charge >= 0.3 is 0 Å². The molecule has 1 heterocycles. The summed E-state index contributed by atoms with van der Waals surface area (Å²) >= 11 is 0. The van der Waals surface area contributed by atoms with Crippen molar-refractivity contribution in [1.82, 2.24) is 14.7 Å². The monoisotopic (exact) mass is 281 g/mol. The Morgan fingerprint density at radius 1 is 1.05 bits per heavy atom. The molecule has 5 nitrogen and oxygen atoms in total. The minimum Gasteiger partial charge on any atom is -0.339 e. The largest absolute Gasteiger partial charge is 0.339 e. The van der Waals surface area contributed by atoms with Crippen molar-refractivity contribution in [2.75, 3.05) is 39.8 Å². The Kier molecular flexibility index (Phi) is 5.40. The molecule has 0 aromatic rings. The van der Waals surface area contributed by atoms with Crippen LogP contribution < -0.4 is 0 Å². The van der Waals surface area contributed by atoms with E-state index in [1.165, 1.54) is 19.3 Å². The van der Waals surface area contributed by atoms with Gasteiger partial charge in [-0.25, -0.2) is 0 Å². The maximum absolute atomic E-state index is 12.4. The third-order valence-corrected chi connectivity index (χ3v) is 4.58. The topological polar surface area (TPSA) is 43.9 Å². The molecule has 1 aliphatic carbocycles. The lowest BCUT2D eigenvalue weighted by Gasteiger charge is -2.37. The second kappa shape index (κ2) is 7.07. The smallest absolute Gasteiger partial charge is 0.242 e. The molecule has 0 spiro atoms. The SMILES string of the molecule is CC(=O)N(CC(=O)N1CCN(C)CC1)C1CCCCC1. The molecule has 1 saturated carbocycles. The molecule has 1 aliphatic heterocycles. The standard InChI is InChI=1S/C15H27N3O2/c1-13(19)18(14-6-4-3-5-7-14)12-15(20)17-10-8-16(2)9-11-17/h14H,3-12H2,1-2H3. The van der Waals surface area contributed by atoms with Gasteiger partial charge < -0.3 is 14.7 Å². The Bertz CT molecular complexity index is 345. The second-order valence-electron chi connectivity index (χ2n) is 6.12. The summed E-state index contributed by atoms with van der Waals surface area (Å²) in [5.74, 6) is 0.151. The van der Waals surface area contributed by atoms with Crippen LogP contribution in [0.3, 0.4) is 0 Å². The lowest BCUT2D eigenvalue weighted by atomic mass is 9.94. The first-order chi connectivity index (χ1) is 9.58. The Balaban J connectivity index is 1.90. The molecule has 0 atom stereocenters. The number of piperazine rings is 1. The number of carbonyl (C=O) groups is 2. The molecule has 0 N–H and O–H groups in total. The first-order valence-electron chi connectivity index (χ1n) is 7.81. The molecular formula is C15H27N3O2. The van der Waals surface area contributed by atoms with Crippen LogP contribution in [0, 0.1) is 0 Å². The number of carbonyl (C=O) groups excluding carboxylic acids is 2. The molecule has 114 valence electrons. The number of amides is 2. The van der Waals surface area contributed by atoms with Crippen molar-refractivity contribution < 1.29 is 9.59 Å². The Morgan fingerprint density at radius 3 is 2.20 bits per heavy atom. The molecule has 20 heavy (non-hydrogen) atoms. The Morgan fingerprint density at radius 2 is 1.65 bits per heavy atom. The van der Waals surface area contributed by atoms with Gasteiger partial charge in [-0.05, 0) is 19.9 Å². The molecule has 0 radical (unpaired) electrons. The zero-order valence-corrected chi connectivity index (χ0v) is 12.8. The van der Waals surface area contributed by atoms with E-state index in [4.69, 9.17) is 0 Å². The van der Waals surface area contributed by atoms with Gasteiger partial charge in [0, 0.05) is 39.1 Å². The van der Waals surface area contributed by atoms with Crippen LogP contribution in [0.25, 0.3) is 0 Å². The van der Waals surface area contributed by atoms with Crippen molar-refractivity contribution in [1.29, 1.82) is 0 Å². The second-order valence-corrected chi connectivity index (χ2v) is 6.12. The zero-order valence-electron chi connectivity index (χ0n) is 12.8. The van der Waals surface area contributed by atoms with Crippen LogP contribution in [0.4, 0.5) is 0 Å². The van der Waals surface area contributed by atoms with Crippen LogP contribution in [0.1, 0.15) is 39.0 Å². The van der Waals surface area contributed by atoms with Gasteiger partial charge in [0.05, 0.1) is 6.54 Å². The normalized spacial score (nSPS) is 21.8. The van der Waals surface area contributed by atoms with E-state index >= 15 is 0 Å². The molecule has 0 aromatic carbocycles. The lowest BCUT2D eigenvalue weighted by Crippen LogP contribution is -2.52. The first-order valence-corrected chi connectivity index (χ1v) is 7.81. The molecule has 2 fully saturated rings. The van der Waals surface area contributed by atoms with Gasteiger partial charge in [-0.15, -0.1) is 0 Å². The van der Waals surface area contributed by atoms with Gasteiger partial charge in [0.2, 0.25) is 11.8 Å². The fourth-order valence-electron chi connectivity index (χ4n) is 3.19. The van der Waals surface area contributed by atoms with Crippen LogP contribution in [-0.4, -0.2) is 72.3 Å². The number of hydrogen-bond acceptors (Lipinski definition) is 3. The van der Waals surface area contributed by atoms with E-state index in [0.717, 1.165) is 39.0 Å². The lowest BCUT2D eigenvalue weighted by molar-refractivity contribution is -0.142. The minimum atomic E-state index is 0.0411. The average Bonchev–Trinajstić information content (AvgIpc) is 2.46. The summed E-state index contributed by atoms with van der Waals surface area (Å²) in [5, 5.41) is 0. The van der Waals surface area contributed by atoms with Crippen molar-refractivity contribution in [3.63, 3.8) is 0 Å². The summed E-state index contributed by atoms with van der Waals surface area (Å²) in [6, 6.07) is 0.276. The van der Waals surface area contributed by atoms with Crippen LogP contribution >= 0.6 is 0 Å². The summed E-state index contributed by atoms with van der Waals surface area (Å²) in [7, 11) is 2.08. The van der Waals surface area contributed by atoms with Crippen LogP contribution in [0.15, 0.2) is 0 Å². The maximum atomic E-state index is 12.4. The van der Waals surface area contributed by atoms with Gasteiger partial charge in [0.1, 0.15) is 0 Å². The molecule has 0 unspecified atom stereocenters. The zero-order chi connectivity index (χ0) is 14.5. The van der Waals surface area contributed by atoms with Crippen molar-refractivity contribution in [2.45, 2.75) is 45.1 Å². The average molecular weight is 281 g/mol. The molecule has 2 aliphatic rings. The van der Waals surface area contributed by atoms with Crippen molar-refractivity contribution in [3.05, 3.63) is 0 Å². The minimum absolute atomic E-state index is 0.0411. The predicted octanol–water partition coefficient (Wildman–Crippen LogP) is 0.942. The number of nitrogens with zero attached hydrogens (tertiary/aromatic N) is 3. The molecule has 1 saturated heterocycles. The Labute approximate surface area is 121 Å². The highest BCUT2D eigenvalue weighted by molar-refractivity contribution is 5.84. The first kappa shape index (κ1) is 15.3.